The van der Waals surface area contributed by atoms with Gasteiger partial charge >= 0.3 is 6.36 Å². The van der Waals surface area contributed by atoms with Crippen molar-refractivity contribution in [1.82, 2.24) is 9.80 Å². The van der Waals surface area contributed by atoms with Crippen LogP contribution >= 0.6 is 0 Å². The fourth-order valence-corrected chi connectivity index (χ4v) is 7.54. The number of likely N-dealkylation sites (tertiary alicyclic amines) is 1. The Kier molecular flexibility index (Phi) is 6.65. The Morgan fingerprint density at radius 3 is 2.73 bits per heavy atom. The number of fused-ring (bicyclic) bond motifs is 1. The summed E-state index contributed by atoms with van der Waals surface area (Å²) in [7, 11) is 1.74. The second-order valence-electron chi connectivity index (χ2n) is 12.1. The van der Waals surface area contributed by atoms with Crippen molar-refractivity contribution in [3.05, 3.63) is 65.2 Å². The van der Waals surface area contributed by atoms with Gasteiger partial charge in [-0.1, -0.05) is 18.2 Å². The number of rotatable bonds is 6. The predicted octanol–water partition coefficient (Wildman–Crippen LogP) is 5.02. The number of carbonyl (C=O) groups excluding carboxylic acids is 1. The van der Waals surface area contributed by atoms with Gasteiger partial charge in [-0.15, -0.1) is 13.2 Å². The summed E-state index contributed by atoms with van der Waals surface area (Å²) in [5.74, 6) is 0.289. The number of hydrogen-bond acceptors (Lipinski definition) is 5. The zero-order chi connectivity index (χ0) is 28.3. The Morgan fingerprint density at radius 1 is 1.18 bits per heavy atom. The summed E-state index contributed by atoms with van der Waals surface area (Å²) in [4.78, 5) is 17.4. The highest BCUT2D eigenvalue weighted by Crippen LogP contribution is 2.59. The fourth-order valence-electron chi connectivity index (χ4n) is 7.54. The van der Waals surface area contributed by atoms with Gasteiger partial charge in [-0.05, 0) is 104 Å². The number of alkyl halides is 3. The number of benzene rings is 2. The Morgan fingerprint density at radius 2 is 1.98 bits per heavy atom. The molecule has 0 unspecified atom stereocenters. The number of hydrogen-bond donors (Lipinski definition) is 2. The highest BCUT2D eigenvalue weighted by Gasteiger charge is 2.65. The van der Waals surface area contributed by atoms with E-state index in [2.05, 4.69) is 9.64 Å². The molecule has 0 aromatic heterocycles. The van der Waals surface area contributed by atoms with Crippen LogP contribution in [0.3, 0.4) is 0 Å². The zero-order valence-corrected chi connectivity index (χ0v) is 22.5. The lowest BCUT2D eigenvalue weighted by molar-refractivity contribution is -0.274. The monoisotopic (exact) mass is 556 g/mol. The molecule has 1 saturated heterocycles. The quantitative estimate of drug-likeness (QED) is 0.489. The van der Waals surface area contributed by atoms with E-state index in [-0.39, 0.29) is 29.5 Å². The Balaban J connectivity index is 1.24. The van der Waals surface area contributed by atoms with E-state index in [0.29, 0.717) is 30.7 Å². The normalized spacial score (nSPS) is 30.0. The first kappa shape index (κ1) is 27.1. The maximum Gasteiger partial charge on any atom is 0.573 e. The lowest BCUT2D eigenvalue weighted by atomic mass is 9.48. The fraction of sp³-hybridized carbons (Fsp3) is 0.516. The Bertz CT molecular complexity index is 1330. The number of ether oxygens (including phenoxy) is 1. The second kappa shape index (κ2) is 9.80. The molecule has 3 fully saturated rings. The molecule has 4 aliphatic rings. The van der Waals surface area contributed by atoms with Gasteiger partial charge < -0.3 is 19.8 Å². The molecule has 2 N–H and O–H groups in total. The summed E-state index contributed by atoms with van der Waals surface area (Å²) in [6, 6.07) is 10.9. The summed E-state index contributed by atoms with van der Waals surface area (Å²) >= 11 is 0. The first-order chi connectivity index (χ1) is 19.0. The molecular formula is C31H35F3N2O4. The number of nitrogens with zero attached hydrogens (tertiary/aromatic N) is 2. The van der Waals surface area contributed by atoms with Crippen LogP contribution in [0.1, 0.15) is 55.2 Å². The van der Waals surface area contributed by atoms with Crippen LogP contribution in [0.25, 0.3) is 6.08 Å². The topological polar surface area (TPSA) is 73.2 Å². The number of phenolic OH excluding ortho intramolecular Hbond substituents is 1. The minimum atomic E-state index is -4.79. The van der Waals surface area contributed by atoms with Crippen LogP contribution in [0.2, 0.25) is 0 Å². The molecule has 9 heteroatoms. The smallest absolute Gasteiger partial charge is 0.508 e. The maximum atomic E-state index is 13.2. The van der Waals surface area contributed by atoms with Crippen molar-refractivity contribution in [1.29, 1.82) is 0 Å². The Hall–Kier alpha value is -3.04. The predicted molar refractivity (Wildman–Crippen MR) is 144 cm³/mol. The minimum Gasteiger partial charge on any atom is -0.508 e. The second-order valence-corrected chi connectivity index (χ2v) is 12.1. The van der Waals surface area contributed by atoms with Crippen LogP contribution < -0.4 is 4.74 Å². The number of piperidine rings is 1. The molecular weight excluding hydrogens is 521 g/mol. The van der Waals surface area contributed by atoms with E-state index < -0.39 is 17.4 Å². The average Bonchev–Trinajstić information content (AvgIpc) is 3.72. The third kappa shape index (κ3) is 4.87. The van der Waals surface area contributed by atoms with Crippen LogP contribution in [-0.4, -0.2) is 70.1 Å². The molecule has 2 aromatic rings. The number of aromatic hydroxyl groups is 1. The van der Waals surface area contributed by atoms with Crippen molar-refractivity contribution in [2.75, 3.05) is 20.1 Å². The van der Waals surface area contributed by atoms with E-state index in [1.165, 1.54) is 43.2 Å². The molecule has 0 spiro atoms. The summed E-state index contributed by atoms with van der Waals surface area (Å²) in [6.07, 6.45) is 3.85. The molecule has 2 aromatic carbocycles. The minimum absolute atomic E-state index is 0.00643. The van der Waals surface area contributed by atoms with Gasteiger partial charge in [-0.3, -0.25) is 9.69 Å². The van der Waals surface area contributed by atoms with Crippen molar-refractivity contribution >= 4 is 12.0 Å². The molecule has 4 atom stereocenters. The van der Waals surface area contributed by atoms with Crippen molar-refractivity contribution in [2.45, 2.75) is 74.4 Å². The van der Waals surface area contributed by atoms with Crippen LogP contribution in [0.5, 0.6) is 11.5 Å². The molecule has 2 bridgehead atoms. The van der Waals surface area contributed by atoms with Crippen molar-refractivity contribution in [2.24, 2.45) is 5.92 Å². The van der Waals surface area contributed by atoms with E-state index in [9.17, 15) is 28.2 Å². The molecule has 1 aliphatic heterocycles. The van der Waals surface area contributed by atoms with Gasteiger partial charge in [0.05, 0.1) is 5.60 Å². The average molecular weight is 557 g/mol. The van der Waals surface area contributed by atoms with E-state index in [0.717, 1.165) is 37.1 Å². The molecule has 6 rings (SSSR count). The van der Waals surface area contributed by atoms with Gasteiger partial charge in [0.2, 0.25) is 5.91 Å². The number of likely N-dealkylation sites (N-methyl/N-ethyl adjacent to an activating group) is 1. The third-order valence-corrected chi connectivity index (χ3v) is 9.71. The van der Waals surface area contributed by atoms with Crippen LogP contribution in [0.4, 0.5) is 13.2 Å². The van der Waals surface area contributed by atoms with Crippen LogP contribution in [0, 0.1) is 5.92 Å². The first-order valence-corrected chi connectivity index (χ1v) is 14.1. The highest BCUT2D eigenvalue weighted by atomic mass is 19.4. The van der Waals surface area contributed by atoms with Crippen LogP contribution in [0.15, 0.2) is 48.5 Å². The first-order valence-electron chi connectivity index (χ1n) is 14.1. The summed E-state index contributed by atoms with van der Waals surface area (Å²) in [6.45, 7) is 1.89. The van der Waals surface area contributed by atoms with Gasteiger partial charge in [0, 0.05) is 37.2 Å². The molecule has 1 heterocycles. The molecule has 40 heavy (non-hydrogen) atoms. The third-order valence-electron chi connectivity index (χ3n) is 9.71. The zero-order valence-electron chi connectivity index (χ0n) is 22.5. The largest absolute Gasteiger partial charge is 0.573 e. The van der Waals surface area contributed by atoms with E-state index in [1.807, 2.05) is 12.1 Å². The summed E-state index contributed by atoms with van der Waals surface area (Å²) < 4.78 is 41.8. The number of halogens is 3. The van der Waals surface area contributed by atoms with E-state index >= 15 is 0 Å². The molecule has 0 radical (unpaired) electrons. The molecule has 3 aliphatic carbocycles. The number of aliphatic hydroxyl groups is 1. The lowest BCUT2D eigenvalue weighted by Crippen LogP contribution is -2.74. The molecule has 2 saturated carbocycles. The maximum absolute atomic E-state index is 13.2. The Labute approximate surface area is 232 Å². The summed E-state index contributed by atoms with van der Waals surface area (Å²) in [5, 5.41) is 22.9. The molecule has 1 amide bonds. The van der Waals surface area contributed by atoms with Gasteiger partial charge in [0.25, 0.3) is 0 Å². The van der Waals surface area contributed by atoms with Gasteiger partial charge in [-0.25, -0.2) is 0 Å². The SMILES string of the molecule is CN(C(=O)C=Cc1cccc(OC(F)(F)F)c1)[C@@H]1CC[C@@]2(O)[C@H]3Cc4ccc(O)cc4[C@@]2(CCN3CC2CC2)C1. The van der Waals surface area contributed by atoms with Crippen molar-refractivity contribution in [3.8, 4) is 11.5 Å². The number of phenols is 1. The molecule has 214 valence electrons. The van der Waals surface area contributed by atoms with E-state index in [1.54, 1.807) is 24.1 Å². The van der Waals surface area contributed by atoms with Crippen molar-refractivity contribution < 1.29 is 32.9 Å². The number of amides is 1. The van der Waals surface area contributed by atoms with Crippen molar-refractivity contribution in [3.63, 3.8) is 0 Å². The van der Waals surface area contributed by atoms with Crippen LogP contribution in [-0.2, 0) is 16.6 Å². The highest BCUT2D eigenvalue weighted by molar-refractivity contribution is 5.91. The van der Waals surface area contributed by atoms with Gasteiger partial charge in [-0.2, -0.15) is 0 Å². The lowest BCUT2D eigenvalue weighted by Gasteiger charge is -2.65. The molecule has 6 nitrogen and oxygen atoms in total. The van der Waals surface area contributed by atoms with Gasteiger partial charge in [0.1, 0.15) is 11.5 Å². The van der Waals surface area contributed by atoms with E-state index in [4.69, 9.17) is 0 Å². The standard InChI is InChI=1S/C31H35F3N2O4/c1-35(28(38)10-7-20-3-2-4-25(15-20)40-31(32,33)34)23-11-12-30(39)27-16-22-8-9-24(37)17-26(22)29(30,18-23)13-14-36(27)19-21-5-6-21/h2-4,7-10,15,17,21,23,27,37,39H,5-6,11-14,16,18-19H2,1H3/t23-,27-,29-,30-/m1/s1. The summed E-state index contributed by atoms with van der Waals surface area (Å²) in [5.41, 5.74) is 1.05. The van der Waals surface area contributed by atoms with Gasteiger partial charge in [0.15, 0.2) is 0 Å². The number of carbonyl (C=O) groups is 1.